The van der Waals surface area contributed by atoms with E-state index in [0.29, 0.717) is 6.54 Å². The quantitative estimate of drug-likeness (QED) is 0.675. The van der Waals surface area contributed by atoms with E-state index in [0.717, 1.165) is 12.3 Å². The van der Waals surface area contributed by atoms with Crippen LogP contribution in [0.4, 0.5) is 4.79 Å². The van der Waals surface area contributed by atoms with Crippen LogP contribution < -0.4 is 5.32 Å². The molecule has 1 fully saturated rings. The van der Waals surface area contributed by atoms with Crippen LogP contribution in [0.1, 0.15) is 38.5 Å². The summed E-state index contributed by atoms with van der Waals surface area (Å²) in [6.45, 7) is 0.636. The lowest BCUT2D eigenvalue weighted by Crippen LogP contribution is -2.19. The van der Waals surface area contributed by atoms with Crippen molar-refractivity contribution in [2.45, 2.75) is 38.5 Å². The molecule has 75 valence electrons. The maximum absolute atomic E-state index is 10.7. The molecule has 13 heavy (non-hydrogen) atoms. The van der Waals surface area contributed by atoms with Gasteiger partial charge in [-0.15, -0.1) is 0 Å². The predicted molar refractivity (Wildman–Crippen MR) is 50.6 cm³/mol. The van der Waals surface area contributed by atoms with E-state index in [-0.39, 0.29) is 0 Å². The minimum Gasteiger partial charge on any atom is -0.452 e. The van der Waals surface area contributed by atoms with Gasteiger partial charge in [-0.1, -0.05) is 32.1 Å². The molecule has 1 amide bonds. The molecule has 0 aromatic carbocycles. The molecule has 0 aliphatic heterocycles. The Balaban J connectivity index is 2.01. The fraction of sp³-hybridized carbons (Fsp3) is 0.900. The van der Waals surface area contributed by atoms with Gasteiger partial charge in [0.05, 0.1) is 7.11 Å². The lowest BCUT2D eigenvalue weighted by molar-refractivity contribution is 0.168. The Bertz CT molecular complexity index is 153. The molecule has 0 bridgehead atoms. The molecule has 3 heteroatoms. The van der Waals surface area contributed by atoms with Gasteiger partial charge in [0.2, 0.25) is 0 Å². The van der Waals surface area contributed by atoms with Crippen molar-refractivity contribution < 1.29 is 9.53 Å². The van der Waals surface area contributed by atoms with E-state index in [1.807, 2.05) is 0 Å². The molecule has 0 spiro atoms. The summed E-state index contributed by atoms with van der Waals surface area (Å²) in [5, 5.41) is 3.78. The molecule has 0 saturated heterocycles. The van der Waals surface area contributed by atoms with Crippen LogP contribution in [0.3, 0.4) is 0 Å². The van der Waals surface area contributed by atoms with Crippen LogP contribution in [0.2, 0.25) is 0 Å². The van der Waals surface area contributed by atoms with Crippen LogP contribution in [0.25, 0.3) is 0 Å². The van der Waals surface area contributed by atoms with Gasteiger partial charge >= 0.3 is 6.09 Å². The summed E-state index contributed by atoms with van der Waals surface area (Å²) in [6, 6.07) is 0. The smallest absolute Gasteiger partial charge is 0.428 e. The van der Waals surface area contributed by atoms with E-state index in [2.05, 4.69) is 10.1 Å². The number of carbonyl (C=O) groups is 1. The van der Waals surface area contributed by atoms with Crippen molar-refractivity contribution in [2.75, 3.05) is 13.7 Å². The monoisotopic (exact) mass is 184 g/mol. The highest BCUT2D eigenvalue weighted by atomic mass is 16.5. The standard InChI is InChI=1S/C10H18NO2/c1-13-10(12)11-8-7-9-5-3-2-4-6-9/h9H,2-8H2,1H3. The largest absolute Gasteiger partial charge is 0.452 e. The molecular formula is C10H18NO2. The normalized spacial score (nSPS) is 18.2. The molecule has 0 N–H and O–H groups in total. The highest BCUT2D eigenvalue weighted by Crippen LogP contribution is 2.25. The van der Waals surface area contributed by atoms with Crippen LogP contribution in [0, 0.1) is 5.92 Å². The summed E-state index contributed by atoms with van der Waals surface area (Å²) in [7, 11) is 1.37. The van der Waals surface area contributed by atoms with E-state index in [1.165, 1.54) is 39.2 Å². The van der Waals surface area contributed by atoms with E-state index >= 15 is 0 Å². The Morgan fingerprint density at radius 1 is 1.38 bits per heavy atom. The van der Waals surface area contributed by atoms with Crippen molar-refractivity contribution in [3.63, 3.8) is 0 Å². The number of carbonyl (C=O) groups excluding carboxylic acids is 1. The van der Waals surface area contributed by atoms with Gasteiger partial charge in [-0.25, -0.2) is 10.1 Å². The third-order valence-electron chi connectivity index (χ3n) is 2.68. The first-order valence-corrected chi connectivity index (χ1v) is 5.08. The molecule has 1 radical (unpaired) electrons. The number of hydrogen-bond donors (Lipinski definition) is 0. The number of amides is 1. The molecule has 0 heterocycles. The second-order valence-electron chi connectivity index (χ2n) is 3.64. The SMILES string of the molecule is COC(=O)[N]CCC1CCCCC1. The van der Waals surface area contributed by atoms with Gasteiger partial charge in [-0.3, -0.25) is 0 Å². The van der Waals surface area contributed by atoms with Crippen LogP contribution in [-0.4, -0.2) is 19.7 Å². The van der Waals surface area contributed by atoms with Gasteiger partial charge in [0.25, 0.3) is 0 Å². The summed E-state index contributed by atoms with van der Waals surface area (Å²) in [5.41, 5.74) is 0. The highest BCUT2D eigenvalue weighted by molar-refractivity contribution is 5.66. The Hall–Kier alpha value is -0.730. The highest BCUT2D eigenvalue weighted by Gasteiger charge is 2.13. The lowest BCUT2D eigenvalue weighted by Gasteiger charge is -2.20. The number of hydrogen-bond acceptors (Lipinski definition) is 2. The van der Waals surface area contributed by atoms with Crippen LogP contribution in [0.15, 0.2) is 0 Å². The van der Waals surface area contributed by atoms with E-state index in [4.69, 9.17) is 0 Å². The zero-order valence-electron chi connectivity index (χ0n) is 8.29. The molecule has 1 rings (SSSR count). The molecule has 3 nitrogen and oxygen atoms in total. The fourth-order valence-electron chi connectivity index (χ4n) is 1.88. The van der Waals surface area contributed by atoms with E-state index < -0.39 is 6.09 Å². The zero-order chi connectivity index (χ0) is 9.52. The van der Waals surface area contributed by atoms with Crippen molar-refractivity contribution in [3.05, 3.63) is 0 Å². The minimum atomic E-state index is -0.434. The number of ether oxygens (including phenoxy) is 1. The Kier molecular flexibility index (Phi) is 4.65. The average Bonchev–Trinajstić information content (AvgIpc) is 2.19. The van der Waals surface area contributed by atoms with Crippen molar-refractivity contribution >= 4 is 6.09 Å². The number of rotatable bonds is 3. The molecule has 0 atom stereocenters. The van der Waals surface area contributed by atoms with Gasteiger partial charge in [0.1, 0.15) is 0 Å². The molecular weight excluding hydrogens is 166 g/mol. The average molecular weight is 184 g/mol. The summed E-state index contributed by atoms with van der Waals surface area (Å²) in [4.78, 5) is 10.7. The molecule has 0 aromatic heterocycles. The van der Waals surface area contributed by atoms with Crippen LogP contribution >= 0.6 is 0 Å². The van der Waals surface area contributed by atoms with Crippen molar-refractivity contribution in [1.29, 1.82) is 0 Å². The van der Waals surface area contributed by atoms with Gasteiger partial charge in [-0.05, 0) is 12.3 Å². The first-order chi connectivity index (χ1) is 6.33. The third-order valence-corrected chi connectivity index (χ3v) is 2.68. The first-order valence-electron chi connectivity index (χ1n) is 5.08. The van der Waals surface area contributed by atoms with Gasteiger partial charge in [0, 0.05) is 6.54 Å². The molecule has 0 aromatic rings. The van der Waals surface area contributed by atoms with Crippen molar-refractivity contribution in [2.24, 2.45) is 5.92 Å². The summed E-state index contributed by atoms with van der Waals surface area (Å²) < 4.78 is 4.43. The van der Waals surface area contributed by atoms with Gasteiger partial charge in [0.15, 0.2) is 0 Å². The lowest BCUT2D eigenvalue weighted by atomic mass is 9.87. The fourth-order valence-corrected chi connectivity index (χ4v) is 1.88. The predicted octanol–water partition coefficient (Wildman–Crippen LogP) is 2.33. The molecule has 1 saturated carbocycles. The molecule has 1 aliphatic carbocycles. The summed E-state index contributed by atoms with van der Waals surface area (Å²) in [5.74, 6) is 0.794. The topological polar surface area (TPSA) is 40.4 Å². The first kappa shape index (κ1) is 10.4. The molecule has 1 aliphatic rings. The Labute approximate surface area is 79.8 Å². The number of nitrogens with zero attached hydrogens (tertiary/aromatic N) is 1. The maximum atomic E-state index is 10.7. The molecule has 0 unspecified atom stereocenters. The van der Waals surface area contributed by atoms with E-state index in [9.17, 15) is 4.79 Å². The van der Waals surface area contributed by atoms with Crippen LogP contribution in [0.5, 0.6) is 0 Å². The van der Waals surface area contributed by atoms with Crippen LogP contribution in [-0.2, 0) is 4.74 Å². The zero-order valence-corrected chi connectivity index (χ0v) is 8.29. The van der Waals surface area contributed by atoms with Crippen molar-refractivity contribution in [3.8, 4) is 0 Å². The van der Waals surface area contributed by atoms with E-state index in [1.54, 1.807) is 0 Å². The summed E-state index contributed by atoms with van der Waals surface area (Å²) in [6.07, 6.45) is 7.33. The third kappa shape index (κ3) is 4.15. The Morgan fingerprint density at radius 2 is 2.08 bits per heavy atom. The maximum Gasteiger partial charge on any atom is 0.428 e. The summed E-state index contributed by atoms with van der Waals surface area (Å²) >= 11 is 0. The van der Waals surface area contributed by atoms with Crippen molar-refractivity contribution in [1.82, 2.24) is 5.32 Å². The number of methoxy groups -OCH3 is 1. The minimum absolute atomic E-state index is 0.434. The second kappa shape index (κ2) is 5.84. The van der Waals surface area contributed by atoms with Gasteiger partial charge in [-0.2, -0.15) is 0 Å². The second-order valence-corrected chi connectivity index (χ2v) is 3.64. The van der Waals surface area contributed by atoms with Gasteiger partial charge < -0.3 is 4.74 Å². The Morgan fingerprint density at radius 3 is 2.69 bits per heavy atom.